The van der Waals surface area contributed by atoms with Gasteiger partial charge in [0.2, 0.25) is 0 Å². The summed E-state index contributed by atoms with van der Waals surface area (Å²) in [4.78, 5) is 0. The van der Waals surface area contributed by atoms with Gasteiger partial charge < -0.3 is 19.9 Å². The number of nitrogens with one attached hydrogen (secondary N) is 1. The van der Waals surface area contributed by atoms with Crippen molar-refractivity contribution in [1.29, 1.82) is 0 Å². The smallest absolute Gasteiger partial charge is 0.121 e. The maximum atomic E-state index is 8.52. The van der Waals surface area contributed by atoms with Crippen LogP contribution in [0.1, 0.15) is 6.92 Å². The molecule has 4 heteroatoms. The first-order chi connectivity index (χ1) is 7.86. The normalized spacial score (nSPS) is 10.1. The Kier molecular flexibility index (Phi) is 6.37. The zero-order valence-electron chi connectivity index (χ0n) is 9.61. The van der Waals surface area contributed by atoms with Gasteiger partial charge in [-0.05, 0) is 19.1 Å². The van der Waals surface area contributed by atoms with Gasteiger partial charge in [0.1, 0.15) is 5.75 Å². The van der Waals surface area contributed by atoms with E-state index in [4.69, 9.17) is 14.6 Å². The number of ether oxygens (including phenoxy) is 2. The Labute approximate surface area is 96.2 Å². The molecule has 0 aromatic heterocycles. The van der Waals surface area contributed by atoms with Crippen LogP contribution in [0.15, 0.2) is 24.3 Å². The van der Waals surface area contributed by atoms with E-state index in [1.54, 1.807) is 0 Å². The Hall–Kier alpha value is -1.26. The monoisotopic (exact) mass is 225 g/mol. The molecule has 90 valence electrons. The highest BCUT2D eigenvalue weighted by Gasteiger charge is 1.95. The van der Waals surface area contributed by atoms with E-state index in [9.17, 15) is 0 Å². The van der Waals surface area contributed by atoms with Gasteiger partial charge in [-0.2, -0.15) is 0 Å². The summed E-state index contributed by atoms with van der Waals surface area (Å²) in [6.45, 7) is 4.39. The van der Waals surface area contributed by atoms with Crippen molar-refractivity contribution < 1.29 is 14.6 Å². The molecule has 0 atom stereocenters. The van der Waals surface area contributed by atoms with Gasteiger partial charge >= 0.3 is 0 Å². The summed E-state index contributed by atoms with van der Waals surface area (Å²) in [5, 5.41) is 11.7. The Morgan fingerprint density at radius 1 is 1.31 bits per heavy atom. The minimum atomic E-state index is 0.0693. The molecule has 1 aromatic carbocycles. The molecule has 0 radical (unpaired) electrons. The fourth-order valence-corrected chi connectivity index (χ4v) is 1.30. The van der Waals surface area contributed by atoms with Crippen LogP contribution in [0.2, 0.25) is 0 Å². The third-order valence-electron chi connectivity index (χ3n) is 1.96. The Morgan fingerprint density at radius 3 is 2.94 bits per heavy atom. The number of hydrogen-bond acceptors (Lipinski definition) is 4. The molecule has 0 amide bonds. The zero-order chi connectivity index (χ0) is 11.6. The van der Waals surface area contributed by atoms with E-state index in [1.807, 2.05) is 31.2 Å². The molecule has 2 N–H and O–H groups in total. The van der Waals surface area contributed by atoms with Gasteiger partial charge in [-0.3, -0.25) is 0 Å². The van der Waals surface area contributed by atoms with Gasteiger partial charge in [0, 0.05) is 18.3 Å². The minimum absolute atomic E-state index is 0.0693. The van der Waals surface area contributed by atoms with Crippen LogP contribution in [0.4, 0.5) is 5.69 Å². The van der Waals surface area contributed by atoms with E-state index in [0.29, 0.717) is 19.8 Å². The molecule has 0 unspecified atom stereocenters. The van der Waals surface area contributed by atoms with Crippen molar-refractivity contribution in [3.8, 4) is 5.75 Å². The molecule has 1 rings (SSSR count). The summed E-state index contributed by atoms with van der Waals surface area (Å²) in [7, 11) is 0. The van der Waals surface area contributed by atoms with Crippen LogP contribution in [0, 0.1) is 0 Å². The number of aliphatic hydroxyl groups excluding tert-OH is 1. The molecule has 0 aliphatic heterocycles. The second-order valence-corrected chi connectivity index (χ2v) is 3.22. The lowest BCUT2D eigenvalue weighted by atomic mass is 10.3. The van der Waals surface area contributed by atoms with E-state index >= 15 is 0 Å². The molecule has 1 aromatic rings. The van der Waals surface area contributed by atoms with Gasteiger partial charge in [-0.1, -0.05) is 6.07 Å². The highest BCUT2D eigenvalue weighted by atomic mass is 16.5. The van der Waals surface area contributed by atoms with Gasteiger partial charge in [0.15, 0.2) is 0 Å². The molecule has 0 spiro atoms. The van der Waals surface area contributed by atoms with Gasteiger partial charge in [-0.25, -0.2) is 0 Å². The predicted octanol–water partition coefficient (Wildman–Crippen LogP) is 1.51. The molecule has 0 saturated carbocycles. The average Bonchev–Trinajstić information content (AvgIpc) is 2.30. The Bertz CT molecular complexity index is 291. The lowest BCUT2D eigenvalue weighted by Gasteiger charge is -2.08. The molecule has 0 fully saturated rings. The molecule has 4 nitrogen and oxygen atoms in total. The van der Waals surface area contributed by atoms with Crippen molar-refractivity contribution in [3.05, 3.63) is 24.3 Å². The lowest BCUT2D eigenvalue weighted by molar-refractivity contribution is 0.0992. The standard InChI is InChI=1S/C12H19NO3/c1-2-16-12-5-3-4-11(10-12)13-6-8-15-9-7-14/h3-5,10,13-14H,2,6-9H2,1H3. The quantitative estimate of drug-likeness (QED) is 0.658. The number of anilines is 1. The third-order valence-corrected chi connectivity index (χ3v) is 1.96. The highest BCUT2D eigenvalue weighted by molar-refractivity contribution is 5.48. The van der Waals surface area contributed by atoms with Crippen molar-refractivity contribution in [2.45, 2.75) is 6.92 Å². The largest absolute Gasteiger partial charge is 0.494 e. The summed E-state index contributed by atoms with van der Waals surface area (Å²) < 4.78 is 10.5. The van der Waals surface area contributed by atoms with Crippen molar-refractivity contribution in [2.75, 3.05) is 38.3 Å². The number of benzene rings is 1. The molecule has 0 heterocycles. The van der Waals surface area contributed by atoms with Crippen LogP contribution in [0.25, 0.3) is 0 Å². The summed E-state index contributed by atoms with van der Waals surface area (Å²) in [5.41, 5.74) is 1.01. The predicted molar refractivity (Wildman–Crippen MR) is 64.0 cm³/mol. The summed E-state index contributed by atoms with van der Waals surface area (Å²) in [6, 6.07) is 7.81. The van der Waals surface area contributed by atoms with Crippen molar-refractivity contribution in [1.82, 2.24) is 0 Å². The zero-order valence-corrected chi connectivity index (χ0v) is 9.61. The summed E-state index contributed by atoms with van der Waals surface area (Å²) >= 11 is 0. The minimum Gasteiger partial charge on any atom is -0.494 e. The Morgan fingerprint density at radius 2 is 2.19 bits per heavy atom. The third kappa shape index (κ3) is 5.00. The van der Waals surface area contributed by atoms with Crippen molar-refractivity contribution >= 4 is 5.69 Å². The van der Waals surface area contributed by atoms with E-state index in [2.05, 4.69) is 5.32 Å². The maximum Gasteiger partial charge on any atom is 0.121 e. The van der Waals surface area contributed by atoms with Crippen LogP contribution < -0.4 is 10.1 Å². The first-order valence-corrected chi connectivity index (χ1v) is 5.52. The van der Waals surface area contributed by atoms with Crippen LogP contribution >= 0.6 is 0 Å². The van der Waals surface area contributed by atoms with E-state index in [-0.39, 0.29) is 6.61 Å². The summed E-state index contributed by atoms with van der Waals surface area (Å²) in [5.74, 6) is 0.865. The van der Waals surface area contributed by atoms with Crippen LogP contribution in [-0.2, 0) is 4.74 Å². The fraction of sp³-hybridized carbons (Fsp3) is 0.500. The molecule has 0 saturated heterocycles. The van der Waals surface area contributed by atoms with Crippen LogP contribution in [0.5, 0.6) is 5.75 Å². The second-order valence-electron chi connectivity index (χ2n) is 3.22. The van der Waals surface area contributed by atoms with E-state index in [0.717, 1.165) is 18.0 Å². The van der Waals surface area contributed by atoms with Crippen LogP contribution in [-0.4, -0.2) is 38.1 Å². The highest BCUT2D eigenvalue weighted by Crippen LogP contribution is 2.16. The van der Waals surface area contributed by atoms with Crippen molar-refractivity contribution in [3.63, 3.8) is 0 Å². The van der Waals surface area contributed by atoms with Gasteiger partial charge in [0.25, 0.3) is 0 Å². The molecular formula is C12H19NO3. The van der Waals surface area contributed by atoms with Gasteiger partial charge in [0.05, 0.1) is 26.4 Å². The molecule has 16 heavy (non-hydrogen) atoms. The van der Waals surface area contributed by atoms with E-state index < -0.39 is 0 Å². The second kappa shape index (κ2) is 7.96. The summed E-state index contributed by atoms with van der Waals surface area (Å²) in [6.07, 6.45) is 0. The Balaban J connectivity index is 2.27. The van der Waals surface area contributed by atoms with Gasteiger partial charge in [-0.15, -0.1) is 0 Å². The molecular weight excluding hydrogens is 206 g/mol. The number of aliphatic hydroxyl groups is 1. The van der Waals surface area contributed by atoms with E-state index in [1.165, 1.54) is 0 Å². The number of hydrogen-bond donors (Lipinski definition) is 2. The van der Waals surface area contributed by atoms with Crippen LogP contribution in [0.3, 0.4) is 0 Å². The number of rotatable bonds is 8. The lowest BCUT2D eigenvalue weighted by Crippen LogP contribution is -2.11. The maximum absolute atomic E-state index is 8.52. The SMILES string of the molecule is CCOc1cccc(NCCOCCO)c1. The first-order valence-electron chi connectivity index (χ1n) is 5.52. The topological polar surface area (TPSA) is 50.7 Å². The fourth-order valence-electron chi connectivity index (χ4n) is 1.30. The first kappa shape index (κ1) is 12.8. The molecule has 0 aliphatic carbocycles. The molecule has 0 aliphatic rings. The van der Waals surface area contributed by atoms with Crippen molar-refractivity contribution in [2.24, 2.45) is 0 Å². The molecule has 0 bridgehead atoms. The average molecular weight is 225 g/mol.